The Bertz CT molecular complexity index is 923. The summed E-state index contributed by atoms with van der Waals surface area (Å²) < 4.78 is 22.2. The molecule has 2 aromatic carbocycles. The van der Waals surface area contributed by atoms with Crippen LogP contribution in [0.5, 0.6) is 0 Å². The first-order valence-electron chi connectivity index (χ1n) is 8.01. The molecule has 3 rings (SSSR count). The van der Waals surface area contributed by atoms with Gasteiger partial charge in [0, 0.05) is 22.0 Å². The Morgan fingerprint density at radius 1 is 1.16 bits per heavy atom. The summed E-state index contributed by atoms with van der Waals surface area (Å²) >= 11 is 3.41. The summed E-state index contributed by atoms with van der Waals surface area (Å²) in [7, 11) is 0. The third kappa shape index (κ3) is 3.93. The van der Waals surface area contributed by atoms with Crippen molar-refractivity contribution in [2.24, 2.45) is 0 Å². The van der Waals surface area contributed by atoms with Crippen LogP contribution in [0.3, 0.4) is 0 Å². The summed E-state index contributed by atoms with van der Waals surface area (Å²) in [6.07, 6.45) is -0.0691. The topological polar surface area (TPSA) is 31.2 Å². The van der Waals surface area contributed by atoms with E-state index in [1.54, 1.807) is 32.9 Å². The van der Waals surface area contributed by atoms with Gasteiger partial charge in [0.15, 0.2) is 0 Å². The third-order valence-electron chi connectivity index (χ3n) is 3.73. The Morgan fingerprint density at radius 2 is 1.84 bits per heavy atom. The molecule has 0 saturated carbocycles. The van der Waals surface area contributed by atoms with Gasteiger partial charge in [0.25, 0.3) is 0 Å². The van der Waals surface area contributed by atoms with Crippen molar-refractivity contribution in [3.05, 3.63) is 70.1 Å². The highest BCUT2D eigenvalue weighted by Crippen LogP contribution is 2.26. The average molecular weight is 404 g/mol. The average Bonchev–Trinajstić information content (AvgIpc) is 2.87. The first-order chi connectivity index (χ1) is 11.7. The molecule has 1 aromatic heterocycles. The van der Waals surface area contributed by atoms with Crippen LogP contribution in [-0.2, 0) is 11.2 Å². The molecule has 0 bridgehead atoms. The molecule has 0 amide bonds. The number of nitrogens with zero attached hydrogens (tertiary/aromatic N) is 1. The fourth-order valence-corrected chi connectivity index (χ4v) is 2.99. The second-order valence-corrected chi connectivity index (χ2v) is 7.85. The van der Waals surface area contributed by atoms with Crippen LogP contribution in [0.15, 0.2) is 53.0 Å². The smallest absolute Gasteiger partial charge is 0.419 e. The predicted molar refractivity (Wildman–Crippen MR) is 100 cm³/mol. The number of halogens is 2. The number of para-hydroxylation sites is 1. The summed E-state index contributed by atoms with van der Waals surface area (Å²) in [6.45, 7) is 5.38. The molecule has 0 radical (unpaired) electrons. The van der Waals surface area contributed by atoms with Crippen LogP contribution >= 0.6 is 15.9 Å². The molecule has 1 heterocycles. The Morgan fingerprint density at radius 3 is 2.48 bits per heavy atom. The molecular weight excluding hydrogens is 385 g/mol. The molecule has 0 saturated heterocycles. The second kappa shape index (κ2) is 6.64. The van der Waals surface area contributed by atoms with Gasteiger partial charge in [-0.05, 0) is 50.6 Å². The summed E-state index contributed by atoms with van der Waals surface area (Å²) in [5.74, 6) is -0.439. The zero-order valence-electron chi connectivity index (χ0n) is 14.3. The van der Waals surface area contributed by atoms with E-state index in [2.05, 4.69) is 15.9 Å². The molecule has 3 aromatic rings. The Labute approximate surface area is 154 Å². The van der Waals surface area contributed by atoms with Gasteiger partial charge in [0.1, 0.15) is 11.4 Å². The molecule has 130 valence electrons. The fraction of sp³-hybridized carbons (Fsp3) is 0.250. The van der Waals surface area contributed by atoms with E-state index in [0.29, 0.717) is 17.5 Å². The van der Waals surface area contributed by atoms with Crippen molar-refractivity contribution in [2.75, 3.05) is 0 Å². The van der Waals surface area contributed by atoms with Crippen LogP contribution < -0.4 is 0 Å². The molecular formula is C20H19BrFNO2. The van der Waals surface area contributed by atoms with Gasteiger partial charge in [-0.25, -0.2) is 13.8 Å². The van der Waals surface area contributed by atoms with E-state index < -0.39 is 17.5 Å². The molecule has 25 heavy (non-hydrogen) atoms. The van der Waals surface area contributed by atoms with E-state index in [-0.39, 0.29) is 5.52 Å². The quantitative estimate of drug-likeness (QED) is 0.531. The summed E-state index contributed by atoms with van der Waals surface area (Å²) in [5, 5.41) is 0.679. The molecule has 5 heteroatoms. The summed E-state index contributed by atoms with van der Waals surface area (Å²) in [6, 6.07) is 14.4. The highest BCUT2D eigenvalue weighted by atomic mass is 79.9. The van der Waals surface area contributed by atoms with Crippen molar-refractivity contribution in [3.8, 4) is 0 Å². The van der Waals surface area contributed by atoms with Crippen LogP contribution in [0, 0.1) is 5.82 Å². The van der Waals surface area contributed by atoms with Crippen LogP contribution in [-0.4, -0.2) is 16.3 Å². The van der Waals surface area contributed by atoms with Gasteiger partial charge in [0.05, 0.1) is 5.52 Å². The Balaban J connectivity index is 2.10. The molecule has 0 aliphatic rings. The third-order valence-corrected chi connectivity index (χ3v) is 4.25. The lowest BCUT2D eigenvalue weighted by Crippen LogP contribution is -2.28. The van der Waals surface area contributed by atoms with Crippen molar-refractivity contribution in [2.45, 2.75) is 32.8 Å². The van der Waals surface area contributed by atoms with E-state index in [0.717, 1.165) is 10.0 Å². The largest absolute Gasteiger partial charge is 0.443 e. The minimum absolute atomic E-state index is 0.254. The van der Waals surface area contributed by atoms with Crippen molar-refractivity contribution < 1.29 is 13.9 Å². The fourth-order valence-electron chi connectivity index (χ4n) is 2.73. The number of ether oxygens (including phenoxy) is 1. The van der Waals surface area contributed by atoms with Crippen LogP contribution in [0.25, 0.3) is 10.9 Å². The van der Waals surface area contributed by atoms with Gasteiger partial charge in [-0.3, -0.25) is 0 Å². The number of carbonyl (C=O) groups excluding carboxylic acids is 1. The Hall–Kier alpha value is -2.14. The highest BCUT2D eigenvalue weighted by molar-refractivity contribution is 9.10. The lowest BCUT2D eigenvalue weighted by atomic mass is 10.1. The molecule has 0 spiro atoms. The molecule has 0 atom stereocenters. The van der Waals surface area contributed by atoms with Crippen LogP contribution in [0.4, 0.5) is 9.18 Å². The number of aromatic nitrogens is 1. The van der Waals surface area contributed by atoms with E-state index in [9.17, 15) is 9.18 Å². The maximum absolute atomic E-state index is 14.4. The number of hydrogen-bond acceptors (Lipinski definition) is 2. The molecule has 0 aliphatic heterocycles. The lowest BCUT2D eigenvalue weighted by molar-refractivity contribution is 0.0540. The monoisotopic (exact) mass is 403 g/mol. The molecule has 0 N–H and O–H groups in total. The highest BCUT2D eigenvalue weighted by Gasteiger charge is 2.23. The molecule has 0 aliphatic carbocycles. The number of hydrogen-bond donors (Lipinski definition) is 0. The number of rotatable bonds is 2. The second-order valence-electron chi connectivity index (χ2n) is 6.93. The Kier molecular flexibility index (Phi) is 4.69. The van der Waals surface area contributed by atoms with Gasteiger partial charge >= 0.3 is 6.09 Å². The van der Waals surface area contributed by atoms with Crippen LogP contribution in [0.1, 0.15) is 32.0 Å². The minimum Gasteiger partial charge on any atom is -0.443 e. The van der Waals surface area contributed by atoms with Gasteiger partial charge in [0.2, 0.25) is 0 Å². The zero-order valence-corrected chi connectivity index (χ0v) is 15.9. The maximum atomic E-state index is 14.4. The van der Waals surface area contributed by atoms with Crippen LogP contribution in [0.2, 0.25) is 0 Å². The predicted octanol–water partition coefficient (Wildman–Crippen LogP) is 5.92. The van der Waals surface area contributed by atoms with Crippen molar-refractivity contribution in [3.63, 3.8) is 0 Å². The van der Waals surface area contributed by atoms with E-state index >= 15 is 0 Å². The molecule has 0 fully saturated rings. The van der Waals surface area contributed by atoms with Gasteiger partial charge < -0.3 is 4.74 Å². The SMILES string of the molecule is CC(C)(C)OC(=O)n1c(Cc2ccc(Br)cc2)cc2cccc(F)c21. The molecule has 0 unspecified atom stereocenters. The summed E-state index contributed by atoms with van der Waals surface area (Å²) in [5.41, 5.74) is 1.31. The van der Waals surface area contributed by atoms with Crippen molar-refractivity contribution in [1.82, 2.24) is 4.57 Å². The standard InChI is InChI=1S/C20H19BrFNO2/c1-20(2,3)25-19(24)23-16(11-13-7-9-15(21)10-8-13)12-14-5-4-6-17(22)18(14)23/h4-10,12H,11H2,1-3H3. The first kappa shape index (κ1) is 17.7. The van der Waals surface area contributed by atoms with Gasteiger partial charge in [-0.15, -0.1) is 0 Å². The number of fused-ring (bicyclic) bond motifs is 1. The van der Waals surface area contributed by atoms with E-state index in [1.165, 1.54) is 10.6 Å². The number of benzene rings is 2. The van der Waals surface area contributed by atoms with E-state index in [1.807, 2.05) is 30.3 Å². The minimum atomic E-state index is -0.659. The zero-order chi connectivity index (χ0) is 18.2. The van der Waals surface area contributed by atoms with E-state index in [4.69, 9.17) is 4.74 Å². The first-order valence-corrected chi connectivity index (χ1v) is 8.80. The van der Waals surface area contributed by atoms with Crippen molar-refractivity contribution in [1.29, 1.82) is 0 Å². The van der Waals surface area contributed by atoms with Gasteiger partial charge in [-0.1, -0.05) is 40.2 Å². The lowest BCUT2D eigenvalue weighted by Gasteiger charge is -2.21. The number of carbonyl (C=O) groups is 1. The van der Waals surface area contributed by atoms with Crippen molar-refractivity contribution >= 4 is 32.9 Å². The molecule has 3 nitrogen and oxygen atoms in total. The maximum Gasteiger partial charge on any atom is 0.419 e. The normalized spacial score (nSPS) is 11.7. The van der Waals surface area contributed by atoms with Gasteiger partial charge in [-0.2, -0.15) is 0 Å². The summed E-state index contributed by atoms with van der Waals surface area (Å²) in [4.78, 5) is 12.7.